The first-order chi connectivity index (χ1) is 12.0. The third kappa shape index (κ3) is 3.93. The molecule has 0 radical (unpaired) electrons. The Morgan fingerprint density at radius 1 is 1.24 bits per heavy atom. The number of aromatic amines is 2. The summed E-state index contributed by atoms with van der Waals surface area (Å²) in [6.07, 6.45) is 3.71. The van der Waals surface area contributed by atoms with E-state index in [0.29, 0.717) is 22.7 Å². The van der Waals surface area contributed by atoms with Gasteiger partial charge in [-0.05, 0) is 35.7 Å². The quantitative estimate of drug-likeness (QED) is 0.757. The van der Waals surface area contributed by atoms with Crippen molar-refractivity contribution in [1.29, 1.82) is 0 Å². The van der Waals surface area contributed by atoms with Gasteiger partial charge < -0.3 is 9.72 Å². The van der Waals surface area contributed by atoms with Gasteiger partial charge in [-0.1, -0.05) is 57.9 Å². The maximum atomic E-state index is 12.5. The van der Waals surface area contributed by atoms with Gasteiger partial charge >= 0.3 is 0 Å². The lowest BCUT2D eigenvalue weighted by Gasteiger charge is -2.31. The Bertz CT molecular complexity index is 836. The van der Waals surface area contributed by atoms with Gasteiger partial charge in [-0.2, -0.15) is 0 Å². The molecule has 1 aromatic carbocycles. The topological polar surface area (TPSA) is 57.9 Å². The number of hydrogen-bond acceptors (Lipinski definition) is 3. The van der Waals surface area contributed by atoms with Crippen molar-refractivity contribution in [3.63, 3.8) is 0 Å². The minimum absolute atomic E-state index is 0.106. The number of H-pyrrole nitrogens is 2. The lowest BCUT2D eigenvalue weighted by Crippen LogP contribution is -2.33. The predicted molar refractivity (Wildman–Crippen MR) is 103 cm³/mol. The normalized spacial score (nSPS) is 19.8. The summed E-state index contributed by atoms with van der Waals surface area (Å²) >= 11 is 5.16. The van der Waals surface area contributed by atoms with Crippen LogP contribution < -0.4 is 5.56 Å². The van der Waals surface area contributed by atoms with Crippen LogP contribution in [0.25, 0.3) is 0 Å². The molecular formula is C20H26N2O2S. The lowest BCUT2D eigenvalue weighted by atomic mass is 9.92. The molecule has 2 unspecified atom stereocenters. The molecule has 0 fully saturated rings. The molecule has 134 valence electrons. The largest absolute Gasteiger partial charge is 0.365 e. The average Bonchev–Trinajstić information content (AvgIpc) is 2.58. The molecule has 0 saturated carbocycles. The molecule has 0 amide bonds. The van der Waals surface area contributed by atoms with Gasteiger partial charge in [0.2, 0.25) is 0 Å². The molecule has 1 aliphatic heterocycles. The van der Waals surface area contributed by atoms with Gasteiger partial charge in [-0.3, -0.25) is 9.78 Å². The van der Waals surface area contributed by atoms with Crippen molar-refractivity contribution >= 4 is 12.2 Å². The fraction of sp³-hybridized carbons (Fsp3) is 0.500. The number of ether oxygens (including phenoxy) is 1. The van der Waals surface area contributed by atoms with E-state index in [9.17, 15) is 4.79 Å². The van der Waals surface area contributed by atoms with Crippen LogP contribution in [0, 0.1) is 4.77 Å². The highest BCUT2D eigenvalue weighted by Gasteiger charge is 2.31. The number of rotatable bonds is 5. The van der Waals surface area contributed by atoms with E-state index < -0.39 is 0 Å². The Morgan fingerprint density at radius 2 is 1.96 bits per heavy atom. The van der Waals surface area contributed by atoms with Crippen molar-refractivity contribution in [3.8, 4) is 0 Å². The predicted octanol–water partition coefficient (Wildman–Crippen LogP) is 4.78. The highest BCUT2D eigenvalue weighted by atomic mass is 32.1. The second-order valence-corrected chi connectivity index (χ2v) is 7.51. The monoisotopic (exact) mass is 358 g/mol. The molecule has 2 atom stereocenters. The van der Waals surface area contributed by atoms with E-state index in [-0.39, 0.29) is 17.8 Å². The zero-order chi connectivity index (χ0) is 18.0. The summed E-state index contributed by atoms with van der Waals surface area (Å²) < 4.78 is 6.73. The molecule has 5 heteroatoms. The SMILES string of the molecule is CCCCC1Cc2[nH]c(=S)[nH]c(=O)c2C(c2ccc(C(C)C)cc2)O1. The standard InChI is InChI=1S/C20H26N2O2S/c1-4-5-6-15-11-16-17(19(23)22-20(25)21-16)18(24-15)14-9-7-13(8-10-14)12(2)3/h7-10,12,15,18H,4-6,11H2,1-3H3,(H2,21,22,23,25). The summed E-state index contributed by atoms with van der Waals surface area (Å²) in [5, 5.41) is 0. The van der Waals surface area contributed by atoms with Crippen LogP contribution in [0.4, 0.5) is 0 Å². The van der Waals surface area contributed by atoms with Crippen molar-refractivity contribution in [2.45, 2.75) is 64.6 Å². The first-order valence-electron chi connectivity index (χ1n) is 9.10. The fourth-order valence-electron chi connectivity index (χ4n) is 3.42. The van der Waals surface area contributed by atoms with E-state index in [2.05, 4.69) is 55.0 Å². The summed E-state index contributed by atoms with van der Waals surface area (Å²) in [6, 6.07) is 8.40. The van der Waals surface area contributed by atoms with Crippen molar-refractivity contribution in [2.75, 3.05) is 0 Å². The number of benzene rings is 1. The Labute approximate surface area is 153 Å². The van der Waals surface area contributed by atoms with E-state index >= 15 is 0 Å². The number of unbranched alkanes of at least 4 members (excludes halogenated alkanes) is 1. The lowest BCUT2D eigenvalue weighted by molar-refractivity contribution is -0.0116. The summed E-state index contributed by atoms with van der Waals surface area (Å²) in [5.74, 6) is 0.477. The molecule has 0 bridgehead atoms. The van der Waals surface area contributed by atoms with Crippen LogP contribution in [0.3, 0.4) is 0 Å². The minimum Gasteiger partial charge on any atom is -0.365 e. The molecule has 1 aliphatic rings. The van der Waals surface area contributed by atoms with Crippen molar-refractivity contribution in [3.05, 3.63) is 61.8 Å². The first kappa shape index (κ1) is 18.1. The maximum Gasteiger partial charge on any atom is 0.258 e. The number of fused-ring (bicyclic) bond motifs is 1. The van der Waals surface area contributed by atoms with E-state index in [1.807, 2.05) is 0 Å². The Balaban J connectivity index is 2.02. The molecule has 4 nitrogen and oxygen atoms in total. The van der Waals surface area contributed by atoms with Crippen molar-refractivity contribution in [2.24, 2.45) is 0 Å². The van der Waals surface area contributed by atoms with Crippen molar-refractivity contribution in [1.82, 2.24) is 9.97 Å². The van der Waals surface area contributed by atoms with Crippen LogP contribution in [-0.4, -0.2) is 16.1 Å². The molecule has 0 spiro atoms. The molecule has 2 aromatic rings. The van der Waals surface area contributed by atoms with Crippen molar-refractivity contribution < 1.29 is 4.74 Å². The highest BCUT2D eigenvalue weighted by molar-refractivity contribution is 7.71. The molecule has 2 heterocycles. The van der Waals surface area contributed by atoms with E-state index in [0.717, 1.165) is 30.5 Å². The molecule has 0 aliphatic carbocycles. The fourth-order valence-corrected chi connectivity index (χ4v) is 3.64. The molecule has 3 rings (SSSR count). The highest BCUT2D eigenvalue weighted by Crippen LogP contribution is 2.34. The second-order valence-electron chi connectivity index (χ2n) is 7.11. The Hall–Kier alpha value is -1.72. The van der Waals surface area contributed by atoms with Crippen LogP contribution in [0.1, 0.15) is 74.4 Å². The summed E-state index contributed by atoms with van der Waals surface area (Å²) in [6.45, 7) is 6.52. The Kier molecular flexibility index (Phi) is 5.54. The summed E-state index contributed by atoms with van der Waals surface area (Å²) in [5.41, 5.74) is 3.73. The smallest absolute Gasteiger partial charge is 0.258 e. The van der Waals surface area contributed by atoms with Gasteiger partial charge in [0.15, 0.2) is 4.77 Å². The van der Waals surface area contributed by atoms with Gasteiger partial charge in [0.05, 0.1) is 11.7 Å². The average molecular weight is 359 g/mol. The molecular weight excluding hydrogens is 332 g/mol. The van der Waals surface area contributed by atoms with Crippen LogP contribution in [0.15, 0.2) is 29.1 Å². The summed E-state index contributed by atoms with van der Waals surface area (Å²) in [4.78, 5) is 18.4. The molecule has 1 aromatic heterocycles. The maximum absolute atomic E-state index is 12.5. The van der Waals surface area contributed by atoms with E-state index in [1.165, 1.54) is 5.56 Å². The van der Waals surface area contributed by atoms with E-state index in [1.54, 1.807) is 0 Å². The molecule has 2 N–H and O–H groups in total. The van der Waals surface area contributed by atoms with Gasteiger partial charge in [-0.15, -0.1) is 0 Å². The third-order valence-electron chi connectivity index (χ3n) is 4.87. The van der Waals surface area contributed by atoms with Crippen LogP contribution in [0.2, 0.25) is 0 Å². The van der Waals surface area contributed by atoms with Gasteiger partial charge in [0, 0.05) is 12.1 Å². The van der Waals surface area contributed by atoms with Gasteiger partial charge in [0.1, 0.15) is 6.10 Å². The van der Waals surface area contributed by atoms with E-state index in [4.69, 9.17) is 17.0 Å². The molecule has 0 saturated heterocycles. The van der Waals surface area contributed by atoms with Gasteiger partial charge in [-0.25, -0.2) is 0 Å². The van der Waals surface area contributed by atoms with Crippen LogP contribution in [-0.2, 0) is 11.2 Å². The molecule has 25 heavy (non-hydrogen) atoms. The third-order valence-corrected chi connectivity index (χ3v) is 5.07. The van der Waals surface area contributed by atoms with Crippen LogP contribution >= 0.6 is 12.2 Å². The second kappa shape index (κ2) is 7.67. The first-order valence-corrected chi connectivity index (χ1v) is 9.51. The minimum atomic E-state index is -0.345. The zero-order valence-electron chi connectivity index (χ0n) is 15.1. The van der Waals surface area contributed by atoms with Gasteiger partial charge in [0.25, 0.3) is 5.56 Å². The Morgan fingerprint density at radius 3 is 2.60 bits per heavy atom. The number of nitrogens with one attached hydrogen (secondary N) is 2. The summed E-state index contributed by atoms with van der Waals surface area (Å²) in [7, 11) is 0. The number of hydrogen-bond donors (Lipinski definition) is 2. The zero-order valence-corrected chi connectivity index (χ0v) is 15.9. The van der Waals surface area contributed by atoms with Crippen LogP contribution in [0.5, 0.6) is 0 Å². The number of aromatic nitrogens is 2.